The van der Waals surface area contributed by atoms with Crippen molar-refractivity contribution in [2.45, 2.75) is 85.4 Å². The van der Waals surface area contributed by atoms with Crippen molar-refractivity contribution in [1.29, 1.82) is 0 Å². The van der Waals surface area contributed by atoms with Crippen LogP contribution < -0.4 is 0 Å². The summed E-state index contributed by atoms with van der Waals surface area (Å²) < 4.78 is 13.5. The summed E-state index contributed by atoms with van der Waals surface area (Å²) in [4.78, 5) is 16.4. The van der Waals surface area contributed by atoms with E-state index in [1.165, 1.54) is 0 Å². The van der Waals surface area contributed by atoms with Crippen LogP contribution in [0.5, 0.6) is 0 Å². The molecule has 0 spiro atoms. The van der Waals surface area contributed by atoms with Crippen LogP contribution in [0.1, 0.15) is 90.6 Å². The van der Waals surface area contributed by atoms with Crippen molar-refractivity contribution < 1.29 is 14.3 Å². The summed E-state index contributed by atoms with van der Waals surface area (Å²) in [6, 6.07) is 4.13. The van der Waals surface area contributed by atoms with Crippen LogP contribution >= 0.6 is 0 Å². The van der Waals surface area contributed by atoms with Gasteiger partial charge in [0.05, 0.1) is 28.9 Å². The Balaban J connectivity index is 0.00000136. The molecule has 0 radical (unpaired) electrons. The number of ether oxygens (including phenoxy) is 2. The average molecular weight is 390 g/mol. The van der Waals surface area contributed by atoms with E-state index in [1.807, 2.05) is 25.3 Å². The maximum atomic E-state index is 12.0. The van der Waals surface area contributed by atoms with E-state index < -0.39 is 0 Å². The zero-order valence-electron chi connectivity index (χ0n) is 18.1. The Labute approximate surface area is 168 Å². The minimum atomic E-state index is -0.124. The summed E-state index contributed by atoms with van der Waals surface area (Å²) in [5.74, 6) is 0.171. The Hall–Kier alpha value is -1.95. The summed E-state index contributed by atoms with van der Waals surface area (Å²) in [5.41, 5.74) is 3.11. The SMILES string of the molecule is CC.CCCC(C)C(=O)OCC1CCC(c2ccc3c(C(C)C)ncnn23)O1. The molecular formula is C22H35N3O3. The molecule has 3 unspecified atom stereocenters. The highest BCUT2D eigenvalue weighted by Crippen LogP contribution is 2.34. The molecule has 1 fully saturated rings. The number of rotatable bonds is 7. The van der Waals surface area contributed by atoms with Crippen LogP contribution in [0.3, 0.4) is 0 Å². The normalized spacial score (nSPS) is 20.1. The lowest BCUT2D eigenvalue weighted by molar-refractivity contribution is -0.152. The highest BCUT2D eigenvalue weighted by molar-refractivity contribution is 5.71. The molecule has 2 aromatic heterocycles. The lowest BCUT2D eigenvalue weighted by Gasteiger charge is -2.16. The van der Waals surface area contributed by atoms with E-state index in [2.05, 4.69) is 43.0 Å². The topological polar surface area (TPSA) is 65.7 Å². The maximum Gasteiger partial charge on any atom is 0.308 e. The van der Waals surface area contributed by atoms with Gasteiger partial charge >= 0.3 is 5.97 Å². The summed E-state index contributed by atoms with van der Waals surface area (Å²) in [5, 5.41) is 4.41. The second-order valence-electron chi connectivity index (χ2n) is 7.50. The third kappa shape index (κ3) is 5.10. The Bertz CT molecular complexity index is 757. The minimum Gasteiger partial charge on any atom is -0.463 e. The Kier molecular flexibility index (Phi) is 8.42. The van der Waals surface area contributed by atoms with Crippen molar-refractivity contribution in [2.75, 3.05) is 6.61 Å². The molecule has 6 nitrogen and oxygen atoms in total. The Morgan fingerprint density at radius 2 is 2.04 bits per heavy atom. The molecule has 0 N–H and O–H groups in total. The van der Waals surface area contributed by atoms with Gasteiger partial charge in [-0.25, -0.2) is 9.50 Å². The summed E-state index contributed by atoms with van der Waals surface area (Å²) in [7, 11) is 0. The fourth-order valence-corrected chi connectivity index (χ4v) is 3.58. The van der Waals surface area contributed by atoms with Gasteiger partial charge in [-0.3, -0.25) is 4.79 Å². The van der Waals surface area contributed by atoms with Crippen molar-refractivity contribution in [2.24, 2.45) is 5.92 Å². The molecule has 156 valence electrons. The van der Waals surface area contributed by atoms with E-state index in [9.17, 15) is 4.79 Å². The van der Waals surface area contributed by atoms with E-state index in [0.717, 1.165) is 42.6 Å². The van der Waals surface area contributed by atoms with E-state index >= 15 is 0 Å². The van der Waals surface area contributed by atoms with Crippen LogP contribution in [0.2, 0.25) is 0 Å². The molecule has 2 aromatic rings. The van der Waals surface area contributed by atoms with Gasteiger partial charge in [-0.2, -0.15) is 5.10 Å². The summed E-state index contributed by atoms with van der Waals surface area (Å²) in [6.45, 7) is 12.6. The average Bonchev–Trinajstić information content (AvgIpc) is 3.34. The van der Waals surface area contributed by atoms with Gasteiger partial charge in [0.25, 0.3) is 0 Å². The van der Waals surface area contributed by atoms with E-state index in [4.69, 9.17) is 9.47 Å². The van der Waals surface area contributed by atoms with Crippen molar-refractivity contribution in [3.8, 4) is 0 Å². The monoisotopic (exact) mass is 389 g/mol. The van der Waals surface area contributed by atoms with Gasteiger partial charge in [-0.1, -0.05) is 48.0 Å². The second kappa shape index (κ2) is 10.6. The van der Waals surface area contributed by atoms with Crippen molar-refractivity contribution in [3.05, 3.63) is 29.8 Å². The van der Waals surface area contributed by atoms with Crippen molar-refractivity contribution >= 4 is 11.5 Å². The second-order valence-corrected chi connectivity index (χ2v) is 7.50. The quantitative estimate of drug-likeness (QED) is 0.618. The van der Waals surface area contributed by atoms with Gasteiger partial charge in [0.1, 0.15) is 19.0 Å². The molecule has 1 aliphatic rings. The van der Waals surface area contributed by atoms with Gasteiger partial charge in [0, 0.05) is 0 Å². The summed E-state index contributed by atoms with van der Waals surface area (Å²) in [6.07, 6.45) is 5.17. The van der Waals surface area contributed by atoms with Crippen LogP contribution in [0.25, 0.3) is 5.52 Å². The molecule has 0 amide bonds. The van der Waals surface area contributed by atoms with Crippen LogP contribution in [-0.4, -0.2) is 33.3 Å². The van der Waals surface area contributed by atoms with Gasteiger partial charge in [-0.15, -0.1) is 0 Å². The zero-order valence-corrected chi connectivity index (χ0v) is 18.1. The lowest BCUT2D eigenvalue weighted by Crippen LogP contribution is -2.22. The molecule has 28 heavy (non-hydrogen) atoms. The van der Waals surface area contributed by atoms with Crippen LogP contribution in [0.15, 0.2) is 18.5 Å². The van der Waals surface area contributed by atoms with Crippen LogP contribution in [0, 0.1) is 5.92 Å². The maximum absolute atomic E-state index is 12.0. The molecule has 1 aliphatic heterocycles. The number of nitrogens with zero attached hydrogens (tertiary/aromatic N) is 3. The highest BCUT2D eigenvalue weighted by atomic mass is 16.6. The number of carbonyl (C=O) groups excluding carboxylic acids is 1. The third-order valence-electron chi connectivity index (χ3n) is 5.03. The molecule has 3 rings (SSSR count). The highest BCUT2D eigenvalue weighted by Gasteiger charge is 2.30. The standard InChI is InChI=1S/C20H29N3O3.C2H6/c1-5-6-14(4)20(24)25-11-15-7-10-18(26-15)16-8-9-17-19(13(2)3)21-12-22-23(16)17;1-2/h8-9,12-15,18H,5-7,10-11H2,1-4H3;1-2H3. The number of hydrogen-bond acceptors (Lipinski definition) is 5. The van der Waals surface area contributed by atoms with E-state index in [1.54, 1.807) is 6.33 Å². The van der Waals surface area contributed by atoms with Crippen LogP contribution in [0.4, 0.5) is 0 Å². The molecule has 6 heteroatoms. The summed E-state index contributed by atoms with van der Waals surface area (Å²) >= 11 is 0. The van der Waals surface area contributed by atoms with Gasteiger partial charge in [0.2, 0.25) is 0 Å². The molecule has 1 saturated heterocycles. The first kappa shape index (κ1) is 22.3. The van der Waals surface area contributed by atoms with Gasteiger partial charge in [-0.05, 0) is 37.3 Å². The van der Waals surface area contributed by atoms with E-state index in [-0.39, 0.29) is 24.1 Å². The largest absolute Gasteiger partial charge is 0.463 e. The molecule has 0 saturated carbocycles. The van der Waals surface area contributed by atoms with Gasteiger partial charge < -0.3 is 9.47 Å². The number of carbonyl (C=O) groups is 1. The third-order valence-corrected chi connectivity index (χ3v) is 5.03. The Morgan fingerprint density at radius 1 is 1.29 bits per heavy atom. The Morgan fingerprint density at radius 3 is 2.71 bits per heavy atom. The first-order valence-electron chi connectivity index (χ1n) is 10.7. The zero-order chi connectivity index (χ0) is 20.7. The lowest BCUT2D eigenvalue weighted by atomic mass is 10.1. The number of hydrogen-bond donors (Lipinski definition) is 0. The number of aromatic nitrogens is 3. The number of fused-ring (bicyclic) bond motifs is 1. The molecule has 0 aliphatic carbocycles. The first-order chi connectivity index (χ1) is 13.5. The van der Waals surface area contributed by atoms with Crippen LogP contribution in [-0.2, 0) is 14.3 Å². The fraction of sp³-hybridized carbons (Fsp3) is 0.682. The van der Waals surface area contributed by atoms with Crippen molar-refractivity contribution in [3.63, 3.8) is 0 Å². The van der Waals surface area contributed by atoms with E-state index in [0.29, 0.717) is 12.5 Å². The predicted octanol–water partition coefficient (Wildman–Crippen LogP) is 5.08. The van der Waals surface area contributed by atoms with Gasteiger partial charge in [0.15, 0.2) is 0 Å². The molecule has 0 bridgehead atoms. The molecule has 3 atom stereocenters. The minimum absolute atomic E-state index is 0.0239. The fourth-order valence-electron chi connectivity index (χ4n) is 3.58. The first-order valence-corrected chi connectivity index (χ1v) is 10.7. The molecule has 3 heterocycles. The smallest absolute Gasteiger partial charge is 0.308 e. The number of esters is 1. The van der Waals surface area contributed by atoms with Crippen molar-refractivity contribution in [1.82, 2.24) is 14.6 Å². The molecular weight excluding hydrogens is 354 g/mol. The predicted molar refractivity (Wildman–Crippen MR) is 110 cm³/mol. The molecule has 0 aromatic carbocycles.